The molecule has 1 atom stereocenters. The zero-order valence-corrected chi connectivity index (χ0v) is 15.6. The number of nitrogens with one attached hydrogen (secondary N) is 1. The summed E-state index contributed by atoms with van der Waals surface area (Å²) in [5.41, 5.74) is 2.70. The summed E-state index contributed by atoms with van der Waals surface area (Å²) in [7, 11) is 0. The number of hydrogen-bond acceptors (Lipinski definition) is 2. The fraction of sp³-hybridized carbons (Fsp3) is 0.391. The number of benzene rings is 2. The van der Waals surface area contributed by atoms with Crippen molar-refractivity contribution in [3.63, 3.8) is 0 Å². The van der Waals surface area contributed by atoms with Crippen molar-refractivity contribution in [3.05, 3.63) is 65.7 Å². The van der Waals surface area contributed by atoms with E-state index in [0.717, 1.165) is 31.5 Å². The van der Waals surface area contributed by atoms with Crippen LogP contribution in [0.2, 0.25) is 0 Å². The highest BCUT2D eigenvalue weighted by Crippen LogP contribution is 2.36. The molecule has 0 spiro atoms. The van der Waals surface area contributed by atoms with Crippen molar-refractivity contribution in [2.75, 3.05) is 11.4 Å². The normalized spacial score (nSPS) is 18.7. The van der Waals surface area contributed by atoms with Gasteiger partial charge in [0.15, 0.2) is 0 Å². The molecule has 1 saturated heterocycles. The fourth-order valence-corrected chi connectivity index (χ4v) is 4.36. The minimum atomic E-state index is -0.0462. The monoisotopic (exact) mass is 362 g/mol. The van der Waals surface area contributed by atoms with Crippen LogP contribution >= 0.6 is 0 Å². The highest BCUT2D eigenvalue weighted by Gasteiger charge is 2.28. The zero-order chi connectivity index (χ0) is 18.6. The summed E-state index contributed by atoms with van der Waals surface area (Å²) in [4.78, 5) is 26.6. The summed E-state index contributed by atoms with van der Waals surface area (Å²) in [5, 5.41) is 3.27. The summed E-state index contributed by atoms with van der Waals surface area (Å²) < 4.78 is 0. The van der Waals surface area contributed by atoms with Gasteiger partial charge in [0, 0.05) is 24.2 Å². The Morgan fingerprint density at radius 2 is 1.67 bits per heavy atom. The van der Waals surface area contributed by atoms with Crippen LogP contribution in [0.25, 0.3) is 0 Å². The highest BCUT2D eigenvalue weighted by atomic mass is 16.2. The van der Waals surface area contributed by atoms with Crippen molar-refractivity contribution in [2.24, 2.45) is 5.92 Å². The molecule has 0 aromatic heterocycles. The maximum Gasteiger partial charge on any atom is 0.251 e. The molecule has 1 aliphatic carbocycles. The van der Waals surface area contributed by atoms with Gasteiger partial charge >= 0.3 is 0 Å². The molecule has 1 unspecified atom stereocenters. The lowest BCUT2D eigenvalue weighted by Crippen LogP contribution is -2.32. The van der Waals surface area contributed by atoms with Crippen LogP contribution in [0.15, 0.2) is 54.6 Å². The molecule has 2 fully saturated rings. The Morgan fingerprint density at radius 3 is 2.30 bits per heavy atom. The molecule has 1 heterocycles. The van der Waals surface area contributed by atoms with Gasteiger partial charge in [0.1, 0.15) is 0 Å². The van der Waals surface area contributed by atoms with Crippen LogP contribution in [-0.4, -0.2) is 18.4 Å². The van der Waals surface area contributed by atoms with E-state index in [-0.39, 0.29) is 17.9 Å². The topological polar surface area (TPSA) is 49.4 Å². The molecule has 1 N–H and O–H groups in total. The van der Waals surface area contributed by atoms with E-state index in [0.29, 0.717) is 17.9 Å². The number of carbonyl (C=O) groups is 2. The van der Waals surface area contributed by atoms with Crippen molar-refractivity contribution >= 4 is 17.5 Å². The molecule has 1 saturated carbocycles. The number of amides is 2. The molecule has 4 rings (SSSR count). The largest absolute Gasteiger partial charge is 0.345 e. The predicted octanol–water partition coefficient (Wildman–Crippen LogP) is 4.47. The Morgan fingerprint density at radius 1 is 0.963 bits per heavy atom. The van der Waals surface area contributed by atoms with Gasteiger partial charge in [-0.05, 0) is 55.0 Å². The van der Waals surface area contributed by atoms with Crippen LogP contribution in [0.4, 0.5) is 5.69 Å². The molecular formula is C23H26N2O2. The summed E-state index contributed by atoms with van der Waals surface area (Å²) in [6.07, 6.45) is 6.32. The molecular weight excluding hydrogens is 336 g/mol. The zero-order valence-electron chi connectivity index (χ0n) is 15.6. The van der Waals surface area contributed by atoms with Crippen LogP contribution in [-0.2, 0) is 4.79 Å². The van der Waals surface area contributed by atoms with E-state index in [9.17, 15) is 9.59 Å². The molecule has 0 radical (unpaired) electrons. The van der Waals surface area contributed by atoms with Crippen LogP contribution in [0.1, 0.15) is 60.5 Å². The molecule has 2 aromatic carbocycles. The average Bonchev–Trinajstić information content (AvgIpc) is 3.38. The smallest absolute Gasteiger partial charge is 0.251 e. The maximum absolute atomic E-state index is 12.9. The van der Waals surface area contributed by atoms with E-state index in [1.165, 1.54) is 18.4 Å². The van der Waals surface area contributed by atoms with Gasteiger partial charge in [-0.15, -0.1) is 0 Å². The van der Waals surface area contributed by atoms with Gasteiger partial charge in [-0.2, -0.15) is 0 Å². The lowest BCUT2D eigenvalue weighted by molar-refractivity contribution is -0.117. The first kappa shape index (κ1) is 17.8. The third-order valence-corrected chi connectivity index (χ3v) is 5.83. The number of rotatable bonds is 5. The molecule has 4 heteroatoms. The second-order valence-corrected chi connectivity index (χ2v) is 7.60. The molecule has 2 amide bonds. The molecule has 4 nitrogen and oxygen atoms in total. The van der Waals surface area contributed by atoms with Crippen LogP contribution in [0.5, 0.6) is 0 Å². The van der Waals surface area contributed by atoms with Crippen molar-refractivity contribution in [2.45, 2.75) is 44.6 Å². The van der Waals surface area contributed by atoms with E-state index in [2.05, 4.69) is 17.4 Å². The van der Waals surface area contributed by atoms with Crippen LogP contribution < -0.4 is 10.2 Å². The third-order valence-electron chi connectivity index (χ3n) is 5.83. The fourth-order valence-electron chi connectivity index (χ4n) is 4.36. The maximum atomic E-state index is 12.9. The molecule has 0 bridgehead atoms. The van der Waals surface area contributed by atoms with Crippen molar-refractivity contribution in [1.82, 2.24) is 5.32 Å². The second-order valence-electron chi connectivity index (χ2n) is 7.60. The summed E-state index contributed by atoms with van der Waals surface area (Å²) in [6, 6.07) is 17.8. The first-order valence-corrected chi connectivity index (χ1v) is 9.98. The summed E-state index contributed by atoms with van der Waals surface area (Å²) >= 11 is 0. The highest BCUT2D eigenvalue weighted by molar-refractivity contribution is 5.97. The van der Waals surface area contributed by atoms with Gasteiger partial charge in [-0.3, -0.25) is 9.59 Å². The van der Waals surface area contributed by atoms with Crippen LogP contribution in [0.3, 0.4) is 0 Å². The van der Waals surface area contributed by atoms with E-state index < -0.39 is 0 Å². The Bertz CT molecular complexity index is 795. The van der Waals surface area contributed by atoms with Crippen LogP contribution in [0, 0.1) is 5.92 Å². The average molecular weight is 362 g/mol. The minimum absolute atomic E-state index is 0.0462. The standard InChI is InChI=1S/C23H26N2O2/c26-21-11-6-16-25(21)20-14-12-19(13-15-20)23(27)24-22(18-9-4-5-10-18)17-7-2-1-3-8-17/h1-3,7-8,12-15,18,22H,4-6,9-11,16H2,(H,24,27). The van der Waals surface area contributed by atoms with Gasteiger partial charge in [0.2, 0.25) is 5.91 Å². The van der Waals surface area contributed by atoms with Crippen molar-refractivity contribution < 1.29 is 9.59 Å². The lowest BCUT2D eigenvalue weighted by Gasteiger charge is -2.25. The van der Waals surface area contributed by atoms with Gasteiger partial charge in [-0.25, -0.2) is 0 Å². The summed E-state index contributed by atoms with van der Waals surface area (Å²) in [6.45, 7) is 0.766. The van der Waals surface area contributed by atoms with Crippen molar-refractivity contribution in [1.29, 1.82) is 0 Å². The van der Waals surface area contributed by atoms with Gasteiger partial charge in [0.05, 0.1) is 6.04 Å². The van der Waals surface area contributed by atoms with Crippen molar-refractivity contribution in [3.8, 4) is 0 Å². The summed E-state index contributed by atoms with van der Waals surface area (Å²) in [5.74, 6) is 0.616. The Balaban J connectivity index is 1.50. The minimum Gasteiger partial charge on any atom is -0.345 e. The number of anilines is 1. The van der Waals surface area contributed by atoms with Gasteiger partial charge in [0.25, 0.3) is 5.91 Å². The molecule has 27 heavy (non-hydrogen) atoms. The van der Waals surface area contributed by atoms with E-state index in [4.69, 9.17) is 0 Å². The van der Waals surface area contributed by atoms with E-state index in [1.54, 1.807) is 4.90 Å². The number of hydrogen-bond donors (Lipinski definition) is 1. The molecule has 1 aliphatic heterocycles. The SMILES string of the molecule is O=C(NC(c1ccccc1)C1CCCC1)c1ccc(N2CCCC2=O)cc1. The molecule has 2 aromatic rings. The second kappa shape index (κ2) is 7.95. The first-order valence-electron chi connectivity index (χ1n) is 9.98. The Hall–Kier alpha value is -2.62. The molecule has 140 valence electrons. The van der Waals surface area contributed by atoms with Gasteiger partial charge < -0.3 is 10.2 Å². The number of carbonyl (C=O) groups excluding carboxylic acids is 2. The van der Waals surface area contributed by atoms with E-state index in [1.807, 2.05) is 42.5 Å². The third kappa shape index (κ3) is 3.90. The quantitative estimate of drug-likeness (QED) is 0.853. The van der Waals surface area contributed by atoms with Gasteiger partial charge in [-0.1, -0.05) is 43.2 Å². The number of nitrogens with zero attached hydrogens (tertiary/aromatic N) is 1. The molecule has 2 aliphatic rings. The van der Waals surface area contributed by atoms with E-state index >= 15 is 0 Å². The Kier molecular flexibility index (Phi) is 5.23. The lowest BCUT2D eigenvalue weighted by atomic mass is 9.91. The predicted molar refractivity (Wildman–Crippen MR) is 107 cm³/mol. The first-order chi connectivity index (χ1) is 13.2. The Labute approximate surface area is 160 Å².